The molecular formula is C20H25N3O2. The van der Waals surface area contributed by atoms with E-state index in [4.69, 9.17) is 0 Å². The molecule has 1 aromatic heterocycles. The highest BCUT2D eigenvalue weighted by Crippen LogP contribution is 2.31. The number of amides is 1. The van der Waals surface area contributed by atoms with E-state index < -0.39 is 0 Å². The van der Waals surface area contributed by atoms with Gasteiger partial charge in [-0.3, -0.25) is 9.59 Å². The molecule has 1 aliphatic rings. The van der Waals surface area contributed by atoms with Gasteiger partial charge in [0.1, 0.15) is 0 Å². The summed E-state index contributed by atoms with van der Waals surface area (Å²) in [6, 6.07) is 10.1. The molecule has 1 fully saturated rings. The number of aromatic nitrogens is 2. The van der Waals surface area contributed by atoms with Gasteiger partial charge in [0.05, 0.1) is 12.2 Å². The Morgan fingerprint density at radius 2 is 1.88 bits per heavy atom. The molecule has 25 heavy (non-hydrogen) atoms. The van der Waals surface area contributed by atoms with Crippen LogP contribution in [0.5, 0.6) is 0 Å². The summed E-state index contributed by atoms with van der Waals surface area (Å²) in [4.78, 5) is 31.0. The van der Waals surface area contributed by atoms with E-state index >= 15 is 0 Å². The molecule has 0 saturated carbocycles. The largest absolute Gasteiger partial charge is 0.337 e. The maximum Gasteiger partial charge on any atom is 0.290 e. The third kappa shape index (κ3) is 3.81. The molecule has 1 saturated heterocycles. The lowest BCUT2D eigenvalue weighted by atomic mass is 9.85. The highest BCUT2D eigenvalue weighted by molar-refractivity contribution is 6.39. The molecule has 1 amide bonds. The van der Waals surface area contributed by atoms with Crippen LogP contribution in [0.1, 0.15) is 25.8 Å². The third-order valence-corrected chi connectivity index (χ3v) is 4.97. The minimum absolute atomic E-state index is 0.0508. The quantitative estimate of drug-likeness (QED) is 0.729. The van der Waals surface area contributed by atoms with Crippen LogP contribution in [0.3, 0.4) is 0 Å². The topological polar surface area (TPSA) is 55.2 Å². The summed E-state index contributed by atoms with van der Waals surface area (Å²) in [7, 11) is 0. The van der Waals surface area contributed by atoms with Crippen molar-refractivity contribution in [2.45, 2.75) is 39.3 Å². The maximum atomic E-state index is 12.6. The van der Waals surface area contributed by atoms with E-state index in [-0.39, 0.29) is 29.6 Å². The van der Waals surface area contributed by atoms with Crippen LogP contribution in [0.25, 0.3) is 0 Å². The lowest BCUT2D eigenvalue weighted by Crippen LogP contribution is -2.39. The minimum Gasteiger partial charge on any atom is -0.337 e. The Bertz CT molecular complexity index is 710. The zero-order valence-electron chi connectivity index (χ0n) is 14.8. The first-order valence-corrected chi connectivity index (χ1v) is 8.92. The van der Waals surface area contributed by atoms with Crippen molar-refractivity contribution in [2.24, 2.45) is 11.8 Å². The number of hydrogen-bond acceptors (Lipinski definition) is 3. The number of carbonyl (C=O) groups excluding carboxylic acids is 2. The molecule has 1 aliphatic heterocycles. The van der Waals surface area contributed by atoms with Gasteiger partial charge in [0.25, 0.3) is 5.91 Å². The van der Waals surface area contributed by atoms with Crippen LogP contribution in [0.15, 0.2) is 49.1 Å². The lowest BCUT2D eigenvalue weighted by molar-refractivity contribution is -0.141. The summed E-state index contributed by atoms with van der Waals surface area (Å²) in [6.07, 6.45) is 6.97. The van der Waals surface area contributed by atoms with Gasteiger partial charge < -0.3 is 9.47 Å². The number of Topliss-reactive ketones (excluding diaryl/α,β-unsaturated/α-hetero) is 1. The summed E-state index contributed by atoms with van der Waals surface area (Å²) in [5.74, 6) is -0.603. The molecule has 0 radical (unpaired) electrons. The first kappa shape index (κ1) is 17.4. The second-order valence-corrected chi connectivity index (χ2v) is 7.04. The fourth-order valence-corrected chi connectivity index (χ4v) is 3.75. The molecule has 0 bridgehead atoms. The number of aryl methyl sites for hydroxylation is 1. The number of imidazole rings is 1. The number of rotatable bonds is 7. The molecule has 5 heteroatoms. The van der Waals surface area contributed by atoms with Crippen molar-refractivity contribution < 1.29 is 9.59 Å². The van der Waals surface area contributed by atoms with E-state index in [0.717, 1.165) is 19.4 Å². The van der Waals surface area contributed by atoms with Crippen molar-refractivity contribution in [1.29, 1.82) is 0 Å². The Labute approximate surface area is 148 Å². The molecule has 5 nitrogen and oxygen atoms in total. The number of nitrogens with zero attached hydrogens (tertiary/aromatic N) is 3. The first-order chi connectivity index (χ1) is 12.1. The highest BCUT2D eigenvalue weighted by Gasteiger charge is 2.47. The molecule has 0 N–H and O–H groups in total. The Hall–Kier alpha value is -2.43. The van der Waals surface area contributed by atoms with Crippen molar-refractivity contribution in [2.75, 3.05) is 6.54 Å². The van der Waals surface area contributed by atoms with Gasteiger partial charge in [0.15, 0.2) is 0 Å². The fourth-order valence-electron chi connectivity index (χ4n) is 3.75. The summed E-state index contributed by atoms with van der Waals surface area (Å²) < 4.78 is 1.99. The molecule has 0 spiro atoms. The van der Waals surface area contributed by atoms with Crippen LogP contribution >= 0.6 is 0 Å². The van der Waals surface area contributed by atoms with Crippen LogP contribution in [-0.4, -0.2) is 38.7 Å². The van der Waals surface area contributed by atoms with Crippen LogP contribution in [0.2, 0.25) is 0 Å². The van der Waals surface area contributed by atoms with Crippen LogP contribution in [-0.2, 0) is 22.6 Å². The summed E-state index contributed by atoms with van der Waals surface area (Å²) in [5.41, 5.74) is 1.17. The zero-order valence-corrected chi connectivity index (χ0v) is 14.8. The molecule has 2 heterocycles. The van der Waals surface area contributed by atoms with Crippen LogP contribution < -0.4 is 0 Å². The van der Waals surface area contributed by atoms with Crippen molar-refractivity contribution in [3.8, 4) is 0 Å². The Morgan fingerprint density at radius 3 is 2.52 bits per heavy atom. The molecule has 1 aromatic carbocycles. The number of likely N-dealkylation sites (tertiary alicyclic amines) is 1. The number of ketones is 1. The van der Waals surface area contributed by atoms with E-state index in [2.05, 4.69) is 17.1 Å². The predicted octanol–water partition coefficient (Wildman–Crippen LogP) is 2.57. The van der Waals surface area contributed by atoms with Gasteiger partial charge in [-0.1, -0.05) is 44.2 Å². The van der Waals surface area contributed by atoms with Gasteiger partial charge >= 0.3 is 0 Å². The third-order valence-electron chi connectivity index (χ3n) is 4.97. The van der Waals surface area contributed by atoms with Gasteiger partial charge in [0.2, 0.25) is 5.78 Å². The average Bonchev–Trinajstić information content (AvgIpc) is 3.18. The molecule has 0 aliphatic carbocycles. The lowest BCUT2D eigenvalue weighted by Gasteiger charge is -2.29. The minimum atomic E-state index is -0.315. The van der Waals surface area contributed by atoms with Crippen molar-refractivity contribution >= 4 is 11.7 Å². The molecule has 2 unspecified atom stereocenters. The summed E-state index contributed by atoms with van der Waals surface area (Å²) in [6.45, 7) is 5.46. The molecular weight excluding hydrogens is 314 g/mol. The van der Waals surface area contributed by atoms with Gasteiger partial charge in [-0.05, 0) is 24.3 Å². The van der Waals surface area contributed by atoms with Crippen LogP contribution in [0, 0.1) is 11.8 Å². The van der Waals surface area contributed by atoms with E-state index in [1.807, 2.05) is 42.8 Å². The van der Waals surface area contributed by atoms with E-state index in [1.54, 1.807) is 17.4 Å². The standard InChI is InChI=1S/C20H25N3O2/c1-15(2)18-17(13-16-7-4-3-5-8-16)23(20(25)19(18)24)11-6-10-22-12-9-21-14-22/h3-5,7-9,12,14-15,17-18H,6,10-11,13H2,1-2H3. The first-order valence-electron chi connectivity index (χ1n) is 8.92. The normalized spacial score (nSPS) is 20.7. The second kappa shape index (κ2) is 7.64. The van der Waals surface area contributed by atoms with Crippen LogP contribution in [0.4, 0.5) is 0 Å². The fraction of sp³-hybridized carbons (Fsp3) is 0.450. The van der Waals surface area contributed by atoms with Gasteiger partial charge in [-0.25, -0.2) is 4.98 Å². The average molecular weight is 339 g/mol. The Balaban J connectivity index is 1.74. The van der Waals surface area contributed by atoms with Crippen molar-refractivity contribution in [3.63, 3.8) is 0 Å². The zero-order chi connectivity index (χ0) is 17.8. The summed E-state index contributed by atoms with van der Waals surface area (Å²) >= 11 is 0. The van der Waals surface area contributed by atoms with E-state index in [0.29, 0.717) is 6.54 Å². The molecule has 132 valence electrons. The van der Waals surface area contributed by atoms with Crippen molar-refractivity contribution in [1.82, 2.24) is 14.5 Å². The van der Waals surface area contributed by atoms with Gasteiger partial charge in [-0.15, -0.1) is 0 Å². The smallest absolute Gasteiger partial charge is 0.290 e. The van der Waals surface area contributed by atoms with Crippen molar-refractivity contribution in [3.05, 3.63) is 54.6 Å². The highest BCUT2D eigenvalue weighted by atomic mass is 16.2. The van der Waals surface area contributed by atoms with Gasteiger partial charge in [0, 0.05) is 31.5 Å². The Kier molecular flexibility index (Phi) is 5.31. The Morgan fingerprint density at radius 1 is 1.12 bits per heavy atom. The van der Waals surface area contributed by atoms with Gasteiger partial charge in [-0.2, -0.15) is 0 Å². The van der Waals surface area contributed by atoms with E-state index in [9.17, 15) is 9.59 Å². The maximum absolute atomic E-state index is 12.6. The van der Waals surface area contributed by atoms with E-state index in [1.165, 1.54) is 5.56 Å². The summed E-state index contributed by atoms with van der Waals surface area (Å²) in [5, 5.41) is 0. The number of carbonyl (C=O) groups is 2. The molecule has 2 atom stereocenters. The predicted molar refractivity (Wildman–Crippen MR) is 95.8 cm³/mol. The number of hydrogen-bond donors (Lipinski definition) is 0. The molecule has 2 aromatic rings. The SMILES string of the molecule is CC(C)C1C(=O)C(=O)N(CCCn2ccnc2)C1Cc1ccccc1. The molecule has 3 rings (SSSR count). The number of benzene rings is 1. The second-order valence-electron chi connectivity index (χ2n) is 7.04. The monoisotopic (exact) mass is 339 g/mol.